The second kappa shape index (κ2) is 5.74. The van der Waals surface area contributed by atoms with Gasteiger partial charge in [-0.2, -0.15) is 0 Å². The number of fused-ring (bicyclic) bond motifs is 1. The van der Waals surface area contributed by atoms with Crippen LogP contribution in [0.15, 0.2) is 26.2 Å². The van der Waals surface area contributed by atoms with E-state index in [1.807, 2.05) is 33.9 Å². The van der Waals surface area contributed by atoms with Gasteiger partial charge >= 0.3 is 0 Å². The Hall–Kier alpha value is -2.69. The molecular weight excluding hydrogens is 302 g/mol. The highest BCUT2D eigenvalue weighted by atomic mass is 16.5. The normalized spacial score (nSPS) is 12.3. The lowest BCUT2D eigenvalue weighted by molar-refractivity contribution is 0.393. The van der Waals surface area contributed by atoms with E-state index < -0.39 is 0 Å². The predicted octanol–water partition coefficient (Wildman–Crippen LogP) is 4.80. The van der Waals surface area contributed by atoms with Crippen LogP contribution in [0, 0.1) is 27.7 Å². The fraction of sp³-hybridized carbons (Fsp3) is 0.316. The Morgan fingerprint density at radius 1 is 0.875 bits per heavy atom. The quantitative estimate of drug-likeness (QED) is 0.679. The molecular formula is C19H21N3O2. The van der Waals surface area contributed by atoms with Crippen molar-refractivity contribution in [3.63, 3.8) is 0 Å². The minimum absolute atomic E-state index is 0. The van der Waals surface area contributed by atoms with Crippen molar-refractivity contribution in [2.45, 2.75) is 41.7 Å². The predicted molar refractivity (Wildman–Crippen MR) is 94.4 cm³/mol. The van der Waals surface area contributed by atoms with Gasteiger partial charge in [0.25, 0.3) is 0 Å². The van der Waals surface area contributed by atoms with Crippen LogP contribution >= 0.6 is 0 Å². The van der Waals surface area contributed by atoms with Gasteiger partial charge in [-0.3, -0.25) is 4.99 Å². The minimum atomic E-state index is 0. The number of benzene rings is 1. The van der Waals surface area contributed by atoms with Gasteiger partial charge in [-0.05, 0) is 62.1 Å². The zero-order chi connectivity index (χ0) is 16.1. The summed E-state index contributed by atoms with van der Waals surface area (Å²) in [6.07, 6.45) is 1.93. The van der Waals surface area contributed by atoms with Gasteiger partial charge in [-0.25, -0.2) is 0 Å². The van der Waals surface area contributed by atoms with Crippen LogP contribution in [0.5, 0.6) is 0 Å². The van der Waals surface area contributed by atoms with Crippen LogP contribution in [-0.4, -0.2) is 16.5 Å². The zero-order valence-electron chi connectivity index (χ0n) is 13.6. The summed E-state index contributed by atoms with van der Waals surface area (Å²) in [4.78, 5) is 4.43. The molecule has 24 heavy (non-hydrogen) atoms. The van der Waals surface area contributed by atoms with Gasteiger partial charge in [0.2, 0.25) is 0 Å². The summed E-state index contributed by atoms with van der Waals surface area (Å²) in [5.41, 5.74) is 8.46. The molecule has 0 fully saturated rings. The molecule has 0 amide bonds. The Balaban J connectivity index is 0.00000169. The van der Waals surface area contributed by atoms with Crippen LogP contribution in [0.3, 0.4) is 0 Å². The van der Waals surface area contributed by atoms with Gasteiger partial charge < -0.3 is 9.05 Å². The lowest BCUT2D eigenvalue weighted by Crippen LogP contribution is -1.95. The minimum Gasteiger partial charge on any atom is -0.361 e. The molecule has 124 valence electrons. The summed E-state index contributed by atoms with van der Waals surface area (Å²) in [7, 11) is 0. The van der Waals surface area contributed by atoms with E-state index in [2.05, 4.69) is 27.4 Å². The summed E-state index contributed by atoms with van der Waals surface area (Å²) in [6, 6.07) is 4.33. The summed E-state index contributed by atoms with van der Waals surface area (Å²) in [5.74, 6) is 1.65. The third kappa shape index (κ3) is 2.28. The van der Waals surface area contributed by atoms with Crippen molar-refractivity contribution >= 4 is 6.21 Å². The second-order valence-corrected chi connectivity index (χ2v) is 5.96. The topological polar surface area (TPSA) is 64.4 Å². The lowest BCUT2D eigenvalue weighted by Gasteiger charge is -2.11. The largest absolute Gasteiger partial charge is 0.361 e. The summed E-state index contributed by atoms with van der Waals surface area (Å²) in [5, 5.41) is 8.17. The molecule has 0 bridgehead atoms. The molecule has 0 N–H and O–H groups in total. The maximum absolute atomic E-state index is 5.37. The van der Waals surface area contributed by atoms with Crippen LogP contribution in [0.2, 0.25) is 0 Å². The first-order chi connectivity index (χ1) is 11.1. The van der Waals surface area contributed by atoms with E-state index in [4.69, 9.17) is 9.05 Å². The SMILES string of the molecule is C.Cc1noc(C)c1-c1cc2c(c(-c3c(C)noc3C)c1)CN=C2. The number of hydrogen-bond donors (Lipinski definition) is 0. The highest BCUT2D eigenvalue weighted by Gasteiger charge is 2.22. The number of aryl methyl sites for hydroxylation is 4. The third-order valence-electron chi connectivity index (χ3n) is 4.39. The van der Waals surface area contributed by atoms with E-state index >= 15 is 0 Å². The lowest BCUT2D eigenvalue weighted by atomic mass is 9.90. The van der Waals surface area contributed by atoms with E-state index in [0.717, 1.165) is 50.7 Å². The second-order valence-electron chi connectivity index (χ2n) is 5.96. The molecule has 0 atom stereocenters. The van der Waals surface area contributed by atoms with Gasteiger partial charge in [0, 0.05) is 17.3 Å². The first-order valence-electron chi connectivity index (χ1n) is 7.59. The van der Waals surface area contributed by atoms with Crippen LogP contribution in [-0.2, 0) is 6.54 Å². The number of rotatable bonds is 2. The van der Waals surface area contributed by atoms with Gasteiger partial charge in [-0.15, -0.1) is 0 Å². The van der Waals surface area contributed by atoms with Crippen molar-refractivity contribution in [2.75, 3.05) is 0 Å². The highest BCUT2D eigenvalue weighted by Crippen LogP contribution is 2.38. The Morgan fingerprint density at radius 2 is 1.50 bits per heavy atom. The molecule has 1 aromatic carbocycles. The highest BCUT2D eigenvalue weighted by molar-refractivity contribution is 5.93. The number of aromatic nitrogens is 2. The third-order valence-corrected chi connectivity index (χ3v) is 4.39. The van der Waals surface area contributed by atoms with Crippen molar-refractivity contribution < 1.29 is 9.05 Å². The van der Waals surface area contributed by atoms with Crippen LogP contribution in [0.4, 0.5) is 0 Å². The molecule has 5 nitrogen and oxygen atoms in total. The van der Waals surface area contributed by atoms with Gasteiger partial charge in [0.1, 0.15) is 11.5 Å². The number of hydrogen-bond acceptors (Lipinski definition) is 5. The summed E-state index contributed by atoms with van der Waals surface area (Å²) < 4.78 is 10.7. The van der Waals surface area contributed by atoms with Crippen molar-refractivity contribution in [2.24, 2.45) is 4.99 Å². The Labute approximate surface area is 141 Å². The van der Waals surface area contributed by atoms with Crippen LogP contribution < -0.4 is 0 Å². The number of aliphatic imine (C=N–C) groups is 1. The molecule has 0 saturated carbocycles. The monoisotopic (exact) mass is 323 g/mol. The average Bonchev–Trinajstić information content (AvgIpc) is 3.19. The molecule has 0 radical (unpaired) electrons. The van der Waals surface area contributed by atoms with Gasteiger partial charge in [-0.1, -0.05) is 17.7 Å². The maximum Gasteiger partial charge on any atom is 0.141 e. The zero-order valence-corrected chi connectivity index (χ0v) is 13.6. The van der Waals surface area contributed by atoms with E-state index in [0.29, 0.717) is 6.54 Å². The molecule has 3 aromatic rings. The van der Waals surface area contributed by atoms with Crippen molar-refractivity contribution in [3.8, 4) is 22.3 Å². The smallest absolute Gasteiger partial charge is 0.141 e. The van der Waals surface area contributed by atoms with E-state index in [-0.39, 0.29) is 7.43 Å². The molecule has 0 saturated heterocycles. The van der Waals surface area contributed by atoms with Crippen LogP contribution in [0.1, 0.15) is 41.5 Å². The molecule has 0 spiro atoms. The standard InChI is InChI=1S/C18H17N3O2.CH4/c1-9-17(11(3)22-20-9)13-5-14-7-19-8-16(14)15(6-13)18-10(2)21-23-12(18)4;/h5-7H,8H2,1-4H3;1H4. The van der Waals surface area contributed by atoms with Crippen molar-refractivity contribution in [3.05, 3.63) is 46.2 Å². The molecule has 1 aliphatic heterocycles. The average molecular weight is 323 g/mol. The molecule has 2 aromatic heterocycles. The first-order valence-corrected chi connectivity index (χ1v) is 7.59. The molecule has 0 aliphatic carbocycles. The summed E-state index contributed by atoms with van der Waals surface area (Å²) in [6.45, 7) is 8.50. The maximum atomic E-state index is 5.37. The van der Waals surface area contributed by atoms with E-state index in [1.165, 1.54) is 5.56 Å². The molecule has 3 heterocycles. The van der Waals surface area contributed by atoms with Gasteiger partial charge in [0.05, 0.1) is 17.9 Å². The number of nitrogens with zero attached hydrogens (tertiary/aromatic N) is 3. The molecule has 4 rings (SSSR count). The fourth-order valence-corrected chi connectivity index (χ4v) is 3.35. The molecule has 0 unspecified atom stereocenters. The van der Waals surface area contributed by atoms with Crippen molar-refractivity contribution in [1.29, 1.82) is 0 Å². The molecule has 5 heteroatoms. The van der Waals surface area contributed by atoms with Gasteiger partial charge in [0.15, 0.2) is 0 Å². The Morgan fingerprint density at radius 3 is 2.08 bits per heavy atom. The Bertz CT molecular complexity index is 909. The van der Waals surface area contributed by atoms with E-state index in [9.17, 15) is 0 Å². The molecule has 1 aliphatic rings. The fourth-order valence-electron chi connectivity index (χ4n) is 3.35. The van der Waals surface area contributed by atoms with Crippen LogP contribution in [0.25, 0.3) is 22.3 Å². The van der Waals surface area contributed by atoms with E-state index in [1.54, 1.807) is 0 Å². The first kappa shape index (κ1) is 16.2. The summed E-state index contributed by atoms with van der Waals surface area (Å²) >= 11 is 0. The van der Waals surface area contributed by atoms with Crippen molar-refractivity contribution in [1.82, 2.24) is 10.3 Å². The Kier molecular flexibility index (Phi) is 3.87.